The van der Waals surface area contributed by atoms with E-state index in [0.717, 1.165) is 0 Å². The monoisotopic (exact) mass is 378 g/mol. The second-order valence-corrected chi connectivity index (χ2v) is 3.99. The van der Waals surface area contributed by atoms with E-state index in [1.54, 1.807) is 0 Å². The van der Waals surface area contributed by atoms with Gasteiger partial charge in [-0.3, -0.25) is 10.1 Å². The topological polar surface area (TPSA) is 48.1 Å². The van der Waals surface area contributed by atoms with Gasteiger partial charge in [0, 0.05) is 22.6 Å². The lowest BCUT2D eigenvalue weighted by Crippen LogP contribution is -1.96. The quantitative estimate of drug-likeness (QED) is 0.340. The molecule has 15 heavy (non-hydrogen) atoms. The van der Waals surface area contributed by atoms with Crippen molar-refractivity contribution in [3.63, 3.8) is 0 Å². The summed E-state index contributed by atoms with van der Waals surface area (Å²) < 4.78 is 3.87. The molecule has 0 atom stereocenters. The smallest absolute Gasteiger partial charge is 0.304 e. The molecule has 8 heteroatoms. The van der Waals surface area contributed by atoms with Crippen LogP contribution in [0.15, 0.2) is 0 Å². The number of aromatic nitrogens is 1. The standard InChI is InChI=1S/C7H2Cl3IN2O2/c8-4-5(13(14)15)7(10)12(6(4)9)3-1-2-11/h3H2. The molecule has 0 saturated carbocycles. The first-order valence-electron chi connectivity index (χ1n) is 3.46. The maximum absolute atomic E-state index is 10.6. The third kappa shape index (κ3) is 2.50. The largest absolute Gasteiger partial charge is 0.326 e. The molecule has 0 aliphatic rings. The molecule has 4 nitrogen and oxygen atoms in total. The number of nitrogens with zero attached hydrogens (tertiary/aromatic N) is 2. The minimum absolute atomic E-state index is 0.0208. The van der Waals surface area contributed by atoms with E-state index in [1.165, 1.54) is 4.57 Å². The summed E-state index contributed by atoms with van der Waals surface area (Å²) in [7, 11) is 0. The van der Waals surface area contributed by atoms with Crippen LogP contribution < -0.4 is 0 Å². The first kappa shape index (κ1) is 12.9. The van der Waals surface area contributed by atoms with E-state index in [4.69, 9.17) is 34.8 Å². The summed E-state index contributed by atoms with van der Waals surface area (Å²) in [6, 6.07) is 0. The zero-order valence-electron chi connectivity index (χ0n) is 6.93. The van der Waals surface area contributed by atoms with Crippen molar-refractivity contribution in [3.05, 3.63) is 25.4 Å². The zero-order valence-corrected chi connectivity index (χ0v) is 11.4. The molecular weight excluding hydrogens is 377 g/mol. The molecule has 0 N–H and O–H groups in total. The fourth-order valence-corrected chi connectivity index (χ4v) is 1.99. The Kier molecular flexibility index (Phi) is 4.52. The van der Waals surface area contributed by atoms with Gasteiger partial charge in [-0.2, -0.15) is 0 Å². The van der Waals surface area contributed by atoms with Gasteiger partial charge in [-0.1, -0.05) is 40.7 Å². The Morgan fingerprint density at radius 1 is 1.40 bits per heavy atom. The van der Waals surface area contributed by atoms with Crippen LogP contribution in [-0.2, 0) is 6.54 Å². The fourth-order valence-electron chi connectivity index (χ4n) is 0.924. The minimum atomic E-state index is -0.676. The first-order chi connectivity index (χ1) is 7.00. The van der Waals surface area contributed by atoms with Crippen LogP contribution in [0.4, 0.5) is 5.69 Å². The van der Waals surface area contributed by atoms with Crippen molar-refractivity contribution in [3.8, 4) is 9.85 Å². The molecular formula is C7H2Cl3IN2O2. The van der Waals surface area contributed by atoms with Crippen molar-refractivity contribution in [2.24, 2.45) is 0 Å². The molecule has 0 fully saturated rings. The average molecular weight is 379 g/mol. The van der Waals surface area contributed by atoms with Crippen LogP contribution in [0, 0.1) is 20.0 Å². The summed E-state index contributed by atoms with van der Waals surface area (Å²) in [6.07, 6.45) is 0. The molecule has 1 rings (SSSR count). The van der Waals surface area contributed by atoms with E-state index in [0.29, 0.717) is 0 Å². The highest BCUT2D eigenvalue weighted by atomic mass is 127. The lowest BCUT2D eigenvalue weighted by molar-refractivity contribution is -0.384. The van der Waals surface area contributed by atoms with Crippen LogP contribution in [0.5, 0.6) is 0 Å². The fraction of sp³-hybridized carbons (Fsp3) is 0.143. The van der Waals surface area contributed by atoms with Crippen LogP contribution >= 0.6 is 57.4 Å². The molecule has 0 saturated heterocycles. The molecule has 0 aliphatic heterocycles. The van der Waals surface area contributed by atoms with E-state index >= 15 is 0 Å². The highest BCUT2D eigenvalue weighted by Crippen LogP contribution is 2.40. The summed E-state index contributed by atoms with van der Waals surface area (Å²) >= 11 is 19.0. The number of rotatable bonds is 2. The molecule has 0 aromatic carbocycles. The number of nitro groups is 1. The summed E-state index contributed by atoms with van der Waals surface area (Å²) in [5, 5.41) is 10.3. The summed E-state index contributed by atoms with van der Waals surface area (Å²) in [6.45, 7) is 0.161. The van der Waals surface area contributed by atoms with Crippen LogP contribution in [-0.4, -0.2) is 9.49 Å². The van der Waals surface area contributed by atoms with Gasteiger partial charge in [0.05, 0.1) is 11.5 Å². The molecule has 0 radical (unpaired) electrons. The van der Waals surface area contributed by atoms with Crippen molar-refractivity contribution in [2.45, 2.75) is 6.54 Å². The molecule has 0 bridgehead atoms. The molecule has 0 spiro atoms. The number of hydrogen-bond acceptors (Lipinski definition) is 2. The second kappa shape index (κ2) is 5.25. The van der Waals surface area contributed by atoms with Gasteiger partial charge in [-0.05, 0) is 3.93 Å². The van der Waals surface area contributed by atoms with Gasteiger partial charge in [0.2, 0.25) is 0 Å². The van der Waals surface area contributed by atoms with Crippen molar-refractivity contribution >= 4 is 63.1 Å². The first-order valence-corrected chi connectivity index (χ1v) is 5.67. The van der Waals surface area contributed by atoms with Crippen LogP contribution in [0.1, 0.15) is 0 Å². The summed E-state index contributed by atoms with van der Waals surface area (Å²) in [5.41, 5.74) is -0.390. The van der Waals surface area contributed by atoms with Crippen LogP contribution in [0.2, 0.25) is 15.3 Å². The third-order valence-electron chi connectivity index (χ3n) is 1.54. The van der Waals surface area contributed by atoms with Gasteiger partial charge in [-0.25, -0.2) is 0 Å². The second-order valence-electron chi connectivity index (χ2n) is 2.36. The molecule has 0 amide bonds. The van der Waals surface area contributed by atoms with E-state index in [1.807, 2.05) is 22.6 Å². The van der Waals surface area contributed by atoms with Gasteiger partial charge in [0.15, 0.2) is 10.2 Å². The van der Waals surface area contributed by atoms with E-state index in [2.05, 4.69) is 9.85 Å². The zero-order chi connectivity index (χ0) is 11.6. The van der Waals surface area contributed by atoms with Crippen LogP contribution in [0.25, 0.3) is 0 Å². The molecule has 1 aromatic rings. The van der Waals surface area contributed by atoms with E-state index in [9.17, 15) is 10.1 Å². The van der Waals surface area contributed by atoms with E-state index < -0.39 is 10.6 Å². The molecule has 80 valence electrons. The van der Waals surface area contributed by atoms with Crippen LogP contribution in [0.3, 0.4) is 0 Å². The average Bonchev–Trinajstić information content (AvgIpc) is 2.37. The lowest BCUT2D eigenvalue weighted by atomic mass is 10.5. The molecule has 1 heterocycles. The predicted molar refractivity (Wildman–Crippen MR) is 67.9 cm³/mol. The van der Waals surface area contributed by atoms with Crippen molar-refractivity contribution < 1.29 is 4.92 Å². The Hall–Kier alpha value is -0.160. The summed E-state index contributed by atoms with van der Waals surface area (Å²) in [5.74, 6) is 2.68. The molecule has 0 unspecified atom stereocenters. The van der Waals surface area contributed by atoms with E-state index in [-0.39, 0.29) is 21.9 Å². The lowest BCUT2D eigenvalue weighted by Gasteiger charge is -1.98. The van der Waals surface area contributed by atoms with Crippen molar-refractivity contribution in [2.75, 3.05) is 0 Å². The van der Waals surface area contributed by atoms with Gasteiger partial charge < -0.3 is 4.57 Å². The van der Waals surface area contributed by atoms with Gasteiger partial charge in [0.25, 0.3) is 0 Å². The number of hydrogen-bond donors (Lipinski definition) is 0. The molecule has 1 aromatic heterocycles. The SMILES string of the molecule is O=[N+]([O-])c1c(Cl)c(Cl)n(CC#CI)c1Cl. The van der Waals surface area contributed by atoms with Crippen molar-refractivity contribution in [1.82, 2.24) is 4.57 Å². The highest BCUT2D eigenvalue weighted by molar-refractivity contribution is 14.1. The number of halogens is 4. The Bertz CT molecular complexity index is 475. The Morgan fingerprint density at radius 2 is 2.00 bits per heavy atom. The highest BCUT2D eigenvalue weighted by Gasteiger charge is 2.27. The normalized spacial score (nSPS) is 9.60. The molecule has 0 aliphatic carbocycles. The maximum atomic E-state index is 10.6. The Balaban J connectivity index is 3.33. The predicted octanol–water partition coefficient (Wildman–Crippen LogP) is 3.75. The Morgan fingerprint density at radius 3 is 2.40 bits per heavy atom. The minimum Gasteiger partial charge on any atom is -0.304 e. The third-order valence-corrected chi connectivity index (χ3v) is 3.16. The Labute approximate surface area is 114 Å². The summed E-state index contributed by atoms with van der Waals surface area (Å²) in [4.78, 5) is 9.93. The van der Waals surface area contributed by atoms with Crippen molar-refractivity contribution in [1.29, 1.82) is 0 Å². The van der Waals surface area contributed by atoms with Gasteiger partial charge >= 0.3 is 5.69 Å². The van der Waals surface area contributed by atoms with Gasteiger partial charge in [-0.15, -0.1) is 0 Å². The van der Waals surface area contributed by atoms with Gasteiger partial charge in [0.1, 0.15) is 5.15 Å². The maximum Gasteiger partial charge on any atom is 0.326 e.